The summed E-state index contributed by atoms with van der Waals surface area (Å²) in [5.74, 6) is 0. The molecule has 5 heteroatoms. The van der Waals surface area contributed by atoms with Gasteiger partial charge in [-0.3, -0.25) is 0 Å². The van der Waals surface area contributed by atoms with Gasteiger partial charge in [-0.05, 0) is 26.3 Å². The zero-order valence-corrected chi connectivity index (χ0v) is 11.5. The monoisotopic (exact) mass is 257 g/mol. The molecule has 1 aromatic heterocycles. The second kappa shape index (κ2) is 5.98. The lowest BCUT2D eigenvalue weighted by atomic mass is 9.95. The highest BCUT2D eigenvalue weighted by Crippen LogP contribution is 2.35. The van der Waals surface area contributed by atoms with Crippen molar-refractivity contribution >= 4 is 23.1 Å². The van der Waals surface area contributed by atoms with E-state index in [2.05, 4.69) is 22.4 Å². The number of hydrogen-bond acceptors (Lipinski definition) is 5. The number of thioether (sulfide) groups is 1. The molecule has 0 amide bonds. The molecule has 0 aliphatic heterocycles. The quantitative estimate of drug-likeness (QED) is 0.900. The van der Waals surface area contributed by atoms with E-state index in [4.69, 9.17) is 0 Å². The average Bonchev–Trinajstić information content (AvgIpc) is 2.67. The Kier molecular flexibility index (Phi) is 4.61. The number of aryl methyl sites for hydroxylation is 1. The van der Waals surface area contributed by atoms with Gasteiger partial charge in [-0.25, -0.2) is 0 Å². The Hall–Kier alpha value is -0.130. The zero-order chi connectivity index (χ0) is 11.4. The summed E-state index contributed by atoms with van der Waals surface area (Å²) in [7, 11) is 0. The Morgan fingerprint density at radius 1 is 1.38 bits per heavy atom. The van der Waals surface area contributed by atoms with Gasteiger partial charge in [0.25, 0.3) is 0 Å². The van der Waals surface area contributed by atoms with Crippen LogP contribution in [0, 0.1) is 6.92 Å². The highest BCUT2D eigenvalue weighted by atomic mass is 32.2. The fraction of sp³-hybridized carbons (Fsp3) is 0.818. The number of aromatic nitrogens is 2. The first-order valence-corrected chi connectivity index (χ1v) is 7.69. The van der Waals surface area contributed by atoms with E-state index in [-0.39, 0.29) is 0 Å². The lowest BCUT2D eigenvalue weighted by Crippen LogP contribution is -2.40. The minimum atomic E-state index is 0.660. The van der Waals surface area contributed by atoms with Gasteiger partial charge in [0, 0.05) is 11.3 Å². The first-order chi connectivity index (χ1) is 7.79. The minimum Gasteiger partial charge on any atom is -0.313 e. The zero-order valence-electron chi connectivity index (χ0n) is 9.90. The maximum Gasteiger partial charge on any atom is 0.174 e. The molecule has 1 saturated carbocycles. The lowest BCUT2D eigenvalue weighted by molar-refractivity contribution is 0.391. The van der Waals surface area contributed by atoms with Gasteiger partial charge in [-0.15, -0.1) is 10.2 Å². The summed E-state index contributed by atoms with van der Waals surface area (Å²) in [6.07, 6.45) is 5.34. The SMILES string of the molecule is CCNC1CCCCC1Sc1nnc(C)s1. The third kappa shape index (κ3) is 3.18. The van der Waals surface area contributed by atoms with Crippen molar-refractivity contribution in [3.8, 4) is 0 Å². The molecule has 0 saturated heterocycles. The standard InChI is InChI=1S/C11H19N3S2/c1-3-12-9-6-4-5-7-10(9)16-11-14-13-8(2)15-11/h9-10,12H,3-7H2,1-2H3. The normalized spacial score (nSPS) is 25.9. The highest BCUT2D eigenvalue weighted by Gasteiger charge is 2.26. The molecular weight excluding hydrogens is 238 g/mol. The van der Waals surface area contributed by atoms with Crippen molar-refractivity contribution in [3.63, 3.8) is 0 Å². The predicted molar refractivity (Wildman–Crippen MR) is 70.2 cm³/mol. The summed E-state index contributed by atoms with van der Waals surface area (Å²) in [5.41, 5.74) is 0. The van der Waals surface area contributed by atoms with Gasteiger partial charge in [0.1, 0.15) is 5.01 Å². The second-order valence-corrected chi connectivity index (χ2v) is 6.86. The molecule has 16 heavy (non-hydrogen) atoms. The van der Waals surface area contributed by atoms with Crippen LogP contribution in [0.2, 0.25) is 0 Å². The summed E-state index contributed by atoms with van der Waals surface area (Å²) < 4.78 is 1.13. The van der Waals surface area contributed by atoms with Gasteiger partial charge in [0.05, 0.1) is 0 Å². The van der Waals surface area contributed by atoms with Crippen LogP contribution in [0.25, 0.3) is 0 Å². The van der Waals surface area contributed by atoms with Crippen molar-refractivity contribution in [3.05, 3.63) is 5.01 Å². The number of nitrogens with zero attached hydrogens (tertiary/aromatic N) is 2. The van der Waals surface area contributed by atoms with Gasteiger partial charge in [0.2, 0.25) is 0 Å². The topological polar surface area (TPSA) is 37.8 Å². The average molecular weight is 257 g/mol. The molecule has 1 heterocycles. The van der Waals surface area contributed by atoms with Gasteiger partial charge in [0.15, 0.2) is 4.34 Å². The Morgan fingerprint density at radius 3 is 2.88 bits per heavy atom. The maximum absolute atomic E-state index is 4.21. The molecule has 2 unspecified atom stereocenters. The van der Waals surface area contributed by atoms with Crippen molar-refractivity contribution in [2.75, 3.05) is 6.54 Å². The molecule has 0 spiro atoms. The van der Waals surface area contributed by atoms with Crippen molar-refractivity contribution in [2.24, 2.45) is 0 Å². The molecule has 0 radical (unpaired) electrons. The van der Waals surface area contributed by atoms with Crippen LogP contribution in [0.3, 0.4) is 0 Å². The molecule has 1 fully saturated rings. The predicted octanol–water partition coefficient (Wildman–Crippen LogP) is 2.86. The van der Waals surface area contributed by atoms with Crippen molar-refractivity contribution < 1.29 is 0 Å². The maximum atomic E-state index is 4.21. The lowest BCUT2D eigenvalue weighted by Gasteiger charge is -2.30. The number of hydrogen-bond donors (Lipinski definition) is 1. The van der Waals surface area contributed by atoms with E-state index < -0.39 is 0 Å². The van der Waals surface area contributed by atoms with Crippen LogP contribution in [0.4, 0.5) is 0 Å². The molecule has 1 N–H and O–H groups in total. The van der Waals surface area contributed by atoms with Gasteiger partial charge >= 0.3 is 0 Å². The first kappa shape index (κ1) is 12.3. The van der Waals surface area contributed by atoms with Crippen LogP contribution in [0.1, 0.15) is 37.6 Å². The Labute approximate surface area is 105 Å². The van der Waals surface area contributed by atoms with Crippen LogP contribution in [0.5, 0.6) is 0 Å². The highest BCUT2D eigenvalue weighted by molar-refractivity contribution is 8.01. The van der Waals surface area contributed by atoms with E-state index in [0.717, 1.165) is 15.9 Å². The first-order valence-electron chi connectivity index (χ1n) is 5.99. The molecule has 1 aliphatic carbocycles. The Morgan fingerprint density at radius 2 is 2.19 bits per heavy atom. The molecule has 0 aromatic carbocycles. The molecule has 1 aromatic rings. The molecular formula is C11H19N3S2. The van der Waals surface area contributed by atoms with E-state index in [9.17, 15) is 0 Å². The summed E-state index contributed by atoms with van der Waals surface area (Å²) in [6, 6.07) is 0.660. The second-order valence-electron chi connectivity index (χ2n) is 4.19. The van der Waals surface area contributed by atoms with Crippen LogP contribution in [-0.4, -0.2) is 28.0 Å². The van der Waals surface area contributed by atoms with Crippen LogP contribution >= 0.6 is 23.1 Å². The van der Waals surface area contributed by atoms with Gasteiger partial charge in [-0.2, -0.15) is 0 Å². The molecule has 2 atom stereocenters. The summed E-state index contributed by atoms with van der Waals surface area (Å²) >= 11 is 3.63. The molecule has 2 rings (SSSR count). The number of rotatable bonds is 4. The third-order valence-corrected chi connectivity index (χ3v) is 5.25. The van der Waals surface area contributed by atoms with E-state index in [1.165, 1.54) is 25.7 Å². The smallest absolute Gasteiger partial charge is 0.174 e. The number of nitrogens with one attached hydrogen (secondary N) is 1. The van der Waals surface area contributed by atoms with Crippen molar-refractivity contribution in [1.82, 2.24) is 15.5 Å². The summed E-state index contributed by atoms with van der Waals surface area (Å²) in [4.78, 5) is 0. The van der Waals surface area contributed by atoms with E-state index in [0.29, 0.717) is 11.3 Å². The largest absolute Gasteiger partial charge is 0.313 e. The van der Waals surface area contributed by atoms with E-state index in [1.807, 2.05) is 18.7 Å². The molecule has 90 valence electrons. The third-order valence-electron chi connectivity index (χ3n) is 2.93. The fourth-order valence-corrected chi connectivity index (χ4v) is 4.56. The van der Waals surface area contributed by atoms with Gasteiger partial charge in [-0.1, -0.05) is 42.9 Å². The Bertz CT molecular complexity index is 325. The van der Waals surface area contributed by atoms with Crippen LogP contribution in [0.15, 0.2) is 4.34 Å². The van der Waals surface area contributed by atoms with E-state index >= 15 is 0 Å². The summed E-state index contributed by atoms with van der Waals surface area (Å²) in [5, 5.41) is 13.6. The molecule has 1 aliphatic rings. The molecule has 3 nitrogen and oxygen atoms in total. The van der Waals surface area contributed by atoms with Crippen molar-refractivity contribution in [2.45, 2.75) is 55.2 Å². The van der Waals surface area contributed by atoms with E-state index in [1.54, 1.807) is 11.3 Å². The minimum absolute atomic E-state index is 0.660. The van der Waals surface area contributed by atoms with Crippen LogP contribution in [-0.2, 0) is 0 Å². The Balaban J connectivity index is 1.95. The van der Waals surface area contributed by atoms with Crippen molar-refractivity contribution in [1.29, 1.82) is 0 Å². The van der Waals surface area contributed by atoms with Crippen LogP contribution < -0.4 is 5.32 Å². The fourth-order valence-electron chi connectivity index (χ4n) is 2.19. The molecule has 0 bridgehead atoms. The van der Waals surface area contributed by atoms with Gasteiger partial charge < -0.3 is 5.32 Å². The summed E-state index contributed by atoms with van der Waals surface area (Å²) in [6.45, 7) is 5.27.